The first-order valence-corrected chi connectivity index (χ1v) is 8.07. The Morgan fingerprint density at radius 1 is 1.14 bits per heavy atom. The van der Waals surface area contributed by atoms with Gasteiger partial charge >= 0.3 is 0 Å². The van der Waals surface area contributed by atoms with Gasteiger partial charge in [-0.3, -0.25) is 4.57 Å². The first-order valence-electron chi connectivity index (χ1n) is 8.07. The summed E-state index contributed by atoms with van der Waals surface area (Å²) in [4.78, 5) is 4.64. The van der Waals surface area contributed by atoms with Crippen molar-refractivity contribution >= 4 is 5.95 Å². The van der Waals surface area contributed by atoms with Crippen LogP contribution in [-0.2, 0) is 0 Å². The van der Waals surface area contributed by atoms with E-state index in [2.05, 4.69) is 52.3 Å². The zero-order valence-corrected chi connectivity index (χ0v) is 13.0. The highest BCUT2D eigenvalue weighted by atomic mass is 15.2. The van der Waals surface area contributed by atoms with Crippen molar-refractivity contribution in [3.05, 3.63) is 42.2 Å². The predicted octanol–water partition coefficient (Wildman–Crippen LogP) is 4.42. The average molecular weight is 283 g/mol. The lowest BCUT2D eigenvalue weighted by Gasteiger charge is -2.26. The Labute approximate surface area is 127 Å². The first kappa shape index (κ1) is 14.2. The molecule has 0 saturated heterocycles. The van der Waals surface area contributed by atoms with Gasteiger partial charge in [-0.15, -0.1) is 0 Å². The second-order valence-corrected chi connectivity index (χ2v) is 6.42. The molecule has 1 aliphatic rings. The lowest BCUT2D eigenvalue weighted by molar-refractivity contribution is 0.300. The Bertz CT molecular complexity index is 565. The summed E-state index contributed by atoms with van der Waals surface area (Å²) < 4.78 is 2.15. The molecule has 1 aromatic heterocycles. The number of hydrogen-bond acceptors (Lipinski definition) is 2. The molecular weight excluding hydrogens is 258 g/mol. The van der Waals surface area contributed by atoms with E-state index in [1.165, 1.54) is 25.7 Å². The van der Waals surface area contributed by atoms with Crippen molar-refractivity contribution in [2.75, 3.05) is 11.9 Å². The van der Waals surface area contributed by atoms with Crippen LogP contribution in [0.2, 0.25) is 0 Å². The Kier molecular flexibility index (Phi) is 4.28. The first-order chi connectivity index (χ1) is 10.2. The molecule has 1 aliphatic carbocycles. The van der Waals surface area contributed by atoms with Gasteiger partial charge in [0.2, 0.25) is 5.95 Å². The third-order valence-corrected chi connectivity index (χ3v) is 4.55. The van der Waals surface area contributed by atoms with Gasteiger partial charge in [0.15, 0.2) is 0 Å². The smallest absolute Gasteiger partial charge is 0.207 e. The SMILES string of the molecule is Cc1cn(-c2ccccc2)c(NCC2CCC(C)CC2)n1. The summed E-state index contributed by atoms with van der Waals surface area (Å²) in [5, 5.41) is 3.57. The minimum absolute atomic E-state index is 0.794. The molecule has 0 bridgehead atoms. The number of rotatable bonds is 4. The van der Waals surface area contributed by atoms with E-state index in [0.29, 0.717) is 0 Å². The summed E-state index contributed by atoms with van der Waals surface area (Å²) >= 11 is 0. The van der Waals surface area contributed by atoms with E-state index in [1.807, 2.05) is 13.0 Å². The second kappa shape index (κ2) is 6.33. The predicted molar refractivity (Wildman–Crippen MR) is 87.9 cm³/mol. The van der Waals surface area contributed by atoms with Crippen LogP contribution < -0.4 is 5.32 Å². The normalized spacial score (nSPS) is 22.2. The fraction of sp³-hybridized carbons (Fsp3) is 0.500. The lowest BCUT2D eigenvalue weighted by atomic mass is 9.83. The number of imidazole rings is 1. The number of aromatic nitrogens is 2. The Morgan fingerprint density at radius 2 is 1.86 bits per heavy atom. The van der Waals surface area contributed by atoms with Crippen LogP contribution in [0.5, 0.6) is 0 Å². The van der Waals surface area contributed by atoms with Gasteiger partial charge in [-0.25, -0.2) is 4.98 Å². The summed E-state index contributed by atoms with van der Waals surface area (Å²) in [5.74, 6) is 2.68. The fourth-order valence-electron chi connectivity index (χ4n) is 3.18. The van der Waals surface area contributed by atoms with E-state index in [9.17, 15) is 0 Å². The maximum Gasteiger partial charge on any atom is 0.207 e. The van der Waals surface area contributed by atoms with Gasteiger partial charge < -0.3 is 5.32 Å². The van der Waals surface area contributed by atoms with Crippen molar-refractivity contribution in [1.82, 2.24) is 9.55 Å². The van der Waals surface area contributed by atoms with Gasteiger partial charge in [0.25, 0.3) is 0 Å². The third kappa shape index (κ3) is 3.46. The largest absolute Gasteiger partial charge is 0.355 e. The van der Waals surface area contributed by atoms with Gasteiger partial charge in [-0.2, -0.15) is 0 Å². The quantitative estimate of drug-likeness (QED) is 0.900. The summed E-state index contributed by atoms with van der Waals surface area (Å²) in [6.45, 7) is 5.46. The van der Waals surface area contributed by atoms with Crippen molar-refractivity contribution in [2.24, 2.45) is 11.8 Å². The van der Waals surface area contributed by atoms with Gasteiger partial charge in [-0.1, -0.05) is 38.0 Å². The molecule has 3 nitrogen and oxygen atoms in total. The molecule has 1 heterocycles. The Hall–Kier alpha value is -1.77. The molecule has 0 amide bonds. The average Bonchev–Trinajstić information content (AvgIpc) is 2.89. The molecule has 1 fully saturated rings. The molecule has 2 aromatic rings. The van der Waals surface area contributed by atoms with Crippen LogP contribution in [0.3, 0.4) is 0 Å². The zero-order chi connectivity index (χ0) is 14.7. The van der Waals surface area contributed by atoms with Crippen molar-refractivity contribution < 1.29 is 0 Å². The highest BCUT2D eigenvalue weighted by Gasteiger charge is 2.18. The minimum Gasteiger partial charge on any atom is -0.355 e. The number of hydrogen-bond donors (Lipinski definition) is 1. The molecule has 1 N–H and O–H groups in total. The Balaban J connectivity index is 1.68. The molecule has 3 heteroatoms. The summed E-state index contributed by atoms with van der Waals surface area (Å²) in [6.07, 6.45) is 7.54. The second-order valence-electron chi connectivity index (χ2n) is 6.42. The molecule has 3 rings (SSSR count). The molecule has 1 saturated carbocycles. The van der Waals surface area contributed by atoms with Crippen LogP contribution in [0.4, 0.5) is 5.95 Å². The third-order valence-electron chi connectivity index (χ3n) is 4.55. The van der Waals surface area contributed by atoms with Crippen molar-refractivity contribution in [1.29, 1.82) is 0 Å². The molecule has 0 radical (unpaired) electrons. The molecule has 0 unspecified atom stereocenters. The molecule has 0 atom stereocenters. The molecule has 0 spiro atoms. The standard InChI is InChI=1S/C18H25N3/c1-14-8-10-16(11-9-14)12-19-18-20-15(2)13-21(18)17-6-4-3-5-7-17/h3-7,13-14,16H,8-12H2,1-2H3,(H,19,20). The van der Waals surface area contributed by atoms with Crippen LogP contribution in [0.15, 0.2) is 36.5 Å². The van der Waals surface area contributed by atoms with E-state index < -0.39 is 0 Å². The van der Waals surface area contributed by atoms with Crippen molar-refractivity contribution in [3.8, 4) is 5.69 Å². The maximum absolute atomic E-state index is 4.64. The summed E-state index contributed by atoms with van der Waals surface area (Å²) in [6, 6.07) is 10.4. The van der Waals surface area contributed by atoms with E-state index >= 15 is 0 Å². The van der Waals surface area contributed by atoms with Gasteiger partial charge in [-0.05, 0) is 43.7 Å². The maximum atomic E-state index is 4.64. The minimum atomic E-state index is 0.794. The lowest BCUT2D eigenvalue weighted by Crippen LogP contribution is -2.21. The fourth-order valence-corrected chi connectivity index (χ4v) is 3.18. The highest BCUT2D eigenvalue weighted by molar-refractivity contribution is 5.42. The highest BCUT2D eigenvalue weighted by Crippen LogP contribution is 2.28. The number of para-hydroxylation sites is 1. The zero-order valence-electron chi connectivity index (χ0n) is 13.0. The molecule has 1 aromatic carbocycles. The van der Waals surface area contributed by atoms with E-state index in [1.54, 1.807) is 0 Å². The van der Waals surface area contributed by atoms with Crippen LogP contribution in [0.1, 0.15) is 38.3 Å². The Morgan fingerprint density at radius 3 is 2.57 bits per heavy atom. The molecular formula is C18H25N3. The number of nitrogens with zero attached hydrogens (tertiary/aromatic N) is 2. The van der Waals surface area contributed by atoms with E-state index in [4.69, 9.17) is 0 Å². The summed E-state index contributed by atoms with van der Waals surface area (Å²) in [7, 11) is 0. The van der Waals surface area contributed by atoms with Gasteiger partial charge in [0.1, 0.15) is 0 Å². The summed E-state index contributed by atoms with van der Waals surface area (Å²) in [5.41, 5.74) is 2.22. The van der Waals surface area contributed by atoms with Crippen LogP contribution in [0.25, 0.3) is 5.69 Å². The topological polar surface area (TPSA) is 29.9 Å². The van der Waals surface area contributed by atoms with Crippen LogP contribution >= 0.6 is 0 Å². The number of benzene rings is 1. The number of aryl methyl sites for hydroxylation is 1. The van der Waals surface area contributed by atoms with Crippen LogP contribution in [-0.4, -0.2) is 16.1 Å². The van der Waals surface area contributed by atoms with Crippen molar-refractivity contribution in [2.45, 2.75) is 39.5 Å². The molecule has 0 aliphatic heterocycles. The number of anilines is 1. The molecule has 112 valence electrons. The van der Waals surface area contributed by atoms with E-state index in [0.717, 1.165) is 35.7 Å². The van der Waals surface area contributed by atoms with E-state index in [-0.39, 0.29) is 0 Å². The number of nitrogens with one attached hydrogen (secondary N) is 1. The molecule has 21 heavy (non-hydrogen) atoms. The monoisotopic (exact) mass is 283 g/mol. The van der Waals surface area contributed by atoms with Gasteiger partial charge in [0, 0.05) is 18.4 Å². The van der Waals surface area contributed by atoms with Crippen molar-refractivity contribution in [3.63, 3.8) is 0 Å². The van der Waals surface area contributed by atoms with Crippen LogP contribution in [0, 0.1) is 18.8 Å². The van der Waals surface area contributed by atoms with Gasteiger partial charge in [0.05, 0.1) is 5.69 Å².